The van der Waals surface area contributed by atoms with E-state index in [4.69, 9.17) is 32.5 Å². The normalized spacial score (nSPS) is 24.2. The molecule has 3 aromatic rings. The summed E-state index contributed by atoms with van der Waals surface area (Å²) in [5, 5.41) is 21.6. The van der Waals surface area contributed by atoms with Gasteiger partial charge in [0, 0.05) is 29.1 Å². The van der Waals surface area contributed by atoms with E-state index in [1.165, 1.54) is 12.1 Å². The molecule has 39 heavy (non-hydrogen) atoms. The number of nitrogens with one attached hydrogen (secondary N) is 2. The maximum Gasteiger partial charge on any atom is 0.290 e. The molecule has 4 atom stereocenters. The van der Waals surface area contributed by atoms with E-state index in [9.17, 15) is 19.1 Å². The Hall–Kier alpha value is -3.14. The fourth-order valence-electron chi connectivity index (χ4n) is 5.68. The second-order valence-electron chi connectivity index (χ2n) is 10.3. The fourth-order valence-corrected chi connectivity index (χ4v) is 5.92. The number of carbonyl (C=O) groups is 2. The van der Waals surface area contributed by atoms with Crippen LogP contribution in [-0.2, 0) is 11.2 Å². The summed E-state index contributed by atoms with van der Waals surface area (Å²) in [5.74, 6) is -1.19. The number of benzene rings is 2. The van der Waals surface area contributed by atoms with E-state index < -0.39 is 29.4 Å². The second kappa shape index (κ2) is 11.5. The van der Waals surface area contributed by atoms with Crippen molar-refractivity contribution in [2.75, 3.05) is 6.61 Å². The summed E-state index contributed by atoms with van der Waals surface area (Å²) >= 11 is 11.6. The number of aromatic nitrogens is 1. The molecule has 3 N–H and O–H groups in total. The average Bonchev–Trinajstić information content (AvgIpc) is 3.37. The molecule has 2 bridgehead atoms. The van der Waals surface area contributed by atoms with Crippen LogP contribution in [0.4, 0.5) is 4.39 Å². The highest BCUT2D eigenvalue weighted by Gasteiger charge is 2.49. The van der Waals surface area contributed by atoms with E-state index in [0.717, 1.165) is 24.5 Å². The molecule has 4 unspecified atom stereocenters. The summed E-state index contributed by atoms with van der Waals surface area (Å²) in [4.78, 5) is 25.7. The van der Waals surface area contributed by atoms with Crippen LogP contribution in [0.2, 0.25) is 10.0 Å². The number of ether oxygens (including phenoxy) is 1. The number of aliphatic hydroxyl groups excluding tert-OH is 1. The molecule has 2 saturated carbocycles. The van der Waals surface area contributed by atoms with E-state index in [2.05, 4.69) is 15.8 Å². The highest BCUT2D eigenvalue weighted by atomic mass is 35.5. The van der Waals surface area contributed by atoms with Crippen LogP contribution in [0.25, 0.3) is 0 Å². The Kier molecular flexibility index (Phi) is 8.11. The Morgan fingerprint density at radius 3 is 2.72 bits per heavy atom. The first-order chi connectivity index (χ1) is 18.7. The van der Waals surface area contributed by atoms with Gasteiger partial charge in [0.2, 0.25) is 5.76 Å². The molecule has 2 aliphatic carbocycles. The molecule has 2 aliphatic rings. The quantitative estimate of drug-likeness (QED) is 0.359. The molecule has 2 fully saturated rings. The fraction of sp³-hybridized carbons (Fsp3) is 0.393. The van der Waals surface area contributed by atoms with Gasteiger partial charge >= 0.3 is 0 Å². The number of nitrogens with zero attached hydrogens (tertiary/aromatic N) is 1. The maximum absolute atomic E-state index is 13.6. The Balaban J connectivity index is 1.17. The molecule has 2 aromatic carbocycles. The molecule has 8 nitrogen and oxygen atoms in total. The van der Waals surface area contributed by atoms with Crippen molar-refractivity contribution in [3.63, 3.8) is 0 Å². The van der Waals surface area contributed by atoms with Crippen LogP contribution < -0.4 is 15.4 Å². The first-order valence-electron chi connectivity index (χ1n) is 12.8. The van der Waals surface area contributed by atoms with Crippen LogP contribution in [0, 0.1) is 11.7 Å². The van der Waals surface area contributed by atoms with E-state index in [1.54, 1.807) is 18.2 Å². The van der Waals surface area contributed by atoms with Gasteiger partial charge in [-0.15, -0.1) is 0 Å². The van der Waals surface area contributed by atoms with Crippen LogP contribution >= 0.6 is 23.2 Å². The van der Waals surface area contributed by atoms with Gasteiger partial charge in [-0.05, 0) is 61.4 Å². The number of rotatable bonds is 8. The van der Waals surface area contributed by atoms with Crippen LogP contribution in [0.5, 0.6) is 5.75 Å². The van der Waals surface area contributed by atoms with Gasteiger partial charge in [0.1, 0.15) is 11.6 Å². The van der Waals surface area contributed by atoms with Gasteiger partial charge in [-0.3, -0.25) is 9.59 Å². The predicted octanol–water partition coefficient (Wildman–Crippen LogP) is 4.70. The lowest BCUT2D eigenvalue weighted by atomic mass is 9.64. The Morgan fingerprint density at radius 1 is 1.15 bits per heavy atom. The number of carbonyl (C=O) groups excluding carboxylic acids is 2. The van der Waals surface area contributed by atoms with Crippen LogP contribution in [0.15, 0.2) is 53.1 Å². The summed E-state index contributed by atoms with van der Waals surface area (Å²) in [7, 11) is 0. The standard InChI is InChI=1S/C28H28Cl2FN3O5/c29-18-5-3-16(4-6-18)10-19-11-24(39-34-19)27(37)33-28-9-1-2-17(13-28)26(23(35)14-28)32-25(36)15-38-20-7-8-21(30)22(31)12-20/h3-8,11-12,17,23,26,35H,1-2,9-10,13-15H2,(H,32,36)(H,33,37). The predicted molar refractivity (Wildman–Crippen MR) is 142 cm³/mol. The molecule has 0 radical (unpaired) electrons. The number of hydrogen-bond acceptors (Lipinski definition) is 6. The van der Waals surface area contributed by atoms with Crippen LogP contribution in [0.1, 0.15) is 53.9 Å². The zero-order valence-corrected chi connectivity index (χ0v) is 22.5. The minimum absolute atomic E-state index is 0.0325. The van der Waals surface area contributed by atoms with Crippen molar-refractivity contribution in [3.05, 3.63) is 81.4 Å². The van der Waals surface area contributed by atoms with Crippen molar-refractivity contribution in [1.82, 2.24) is 15.8 Å². The van der Waals surface area contributed by atoms with E-state index in [0.29, 0.717) is 30.0 Å². The van der Waals surface area contributed by atoms with Crippen molar-refractivity contribution in [1.29, 1.82) is 0 Å². The highest BCUT2D eigenvalue weighted by molar-refractivity contribution is 6.30. The van der Waals surface area contributed by atoms with E-state index in [-0.39, 0.29) is 41.4 Å². The van der Waals surface area contributed by atoms with Crippen molar-refractivity contribution in [2.24, 2.45) is 5.92 Å². The Bertz CT molecular complexity index is 1350. The van der Waals surface area contributed by atoms with E-state index in [1.807, 2.05) is 12.1 Å². The molecule has 11 heteroatoms. The highest BCUT2D eigenvalue weighted by Crippen LogP contribution is 2.43. The number of halogens is 3. The largest absolute Gasteiger partial charge is 0.484 e. The number of hydrogen-bond donors (Lipinski definition) is 3. The molecular formula is C28H28Cl2FN3O5. The van der Waals surface area contributed by atoms with E-state index >= 15 is 0 Å². The molecule has 206 valence electrons. The van der Waals surface area contributed by atoms with Crippen molar-refractivity contribution >= 4 is 35.0 Å². The average molecular weight is 576 g/mol. The second-order valence-corrected chi connectivity index (χ2v) is 11.1. The summed E-state index contributed by atoms with van der Waals surface area (Å²) in [6.45, 7) is -0.331. The minimum Gasteiger partial charge on any atom is -0.484 e. The van der Waals surface area contributed by atoms with Gasteiger partial charge in [-0.2, -0.15) is 0 Å². The zero-order chi connectivity index (χ0) is 27.6. The molecule has 2 amide bonds. The first kappa shape index (κ1) is 27.4. The smallest absolute Gasteiger partial charge is 0.290 e. The van der Waals surface area contributed by atoms with Gasteiger partial charge in [-0.25, -0.2) is 4.39 Å². The van der Waals surface area contributed by atoms with Crippen LogP contribution in [0.3, 0.4) is 0 Å². The topological polar surface area (TPSA) is 114 Å². The van der Waals surface area contributed by atoms with Gasteiger partial charge in [0.05, 0.1) is 22.9 Å². The molecule has 0 spiro atoms. The van der Waals surface area contributed by atoms with Crippen molar-refractivity contribution < 1.29 is 28.3 Å². The number of amides is 2. The van der Waals surface area contributed by atoms with Crippen LogP contribution in [-0.4, -0.2) is 46.4 Å². The third-order valence-electron chi connectivity index (χ3n) is 7.45. The molecule has 5 rings (SSSR count). The Labute approximate surface area is 234 Å². The summed E-state index contributed by atoms with van der Waals surface area (Å²) in [5.41, 5.74) is 1.00. The van der Waals surface area contributed by atoms with Gasteiger partial charge in [0.25, 0.3) is 11.8 Å². The van der Waals surface area contributed by atoms with Crippen molar-refractivity contribution in [2.45, 2.75) is 56.2 Å². The lowest BCUT2D eigenvalue weighted by molar-refractivity contribution is -0.127. The molecule has 1 heterocycles. The Morgan fingerprint density at radius 2 is 1.95 bits per heavy atom. The molecule has 0 saturated heterocycles. The molecular weight excluding hydrogens is 548 g/mol. The van der Waals surface area contributed by atoms with Gasteiger partial charge < -0.3 is 25.0 Å². The molecule has 0 aliphatic heterocycles. The lowest BCUT2D eigenvalue weighted by Gasteiger charge is -2.51. The zero-order valence-electron chi connectivity index (χ0n) is 21.0. The third kappa shape index (κ3) is 6.54. The number of aliphatic hydroxyl groups is 1. The SMILES string of the molecule is O=C(COc1ccc(Cl)c(F)c1)NC1C(O)CC2(NC(=O)c3cc(Cc4ccc(Cl)cc4)no3)CCCC1C2. The number of fused-ring (bicyclic) bond motifs is 2. The van der Waals surface area contributed by atoms with Gasteiger partial charge in [-0.1, -0.05) is 46.9 Å². The summed E-state index contributed by atoms with van der Waals surface area (Å²) < 4.78 is 24.3. The molecule has 1 aromatic heterocycles. The summed E-state index contributed by atoms with van der Waals surface area (Å²) in [6, 6.07) is 12.4. The third-order valence-corrected chi connectivity index (χ3v) is 8.01. The first-order valence-corrected chi connectivity index (χ1v) is 13.5. The van der Waals surface area contributed by atoms with Crippen molar-refractivity contribution in [3.8, 4) is 5.75 Å². The maximum atomic E-state index is 13.6. The monoisotopic (exact) mass is 575 g/mol. The lowest BCUT2D eigenvalue weighted by Crippen LogP contribution is -2.64. The van der Waals surface area contributed by atoms with Gasteiger partial charge in [0.15, 0.2) is 6.61 Å². The minimum atomic E-state index is -0.864. The summed E-state index contributed by atoms with van der Waals surface area (Å²) in [6.07, 6.45) is 2.88.